The molecule has 6 heteroatoms. The summed E-state index contributed by atoms with van der Waals surface area (Å²) in [5, 5.41) is 0. The van der Waals surface area contributed by atoms with Crippen LogP contribution in [0.1, 0.15) is 63.1 Å². The zero-order chi connectivity index (χ0) is 21.6. The Morgan fingerprint density at radius 2 is 1.83 bits per heavy atom. The molecule has 6 nitrogen and oxygen atoms in total. The Hall–Kier alpha value is -2.05. The van der Waals surface area contributed by atoms with Crippen LogP contribution in [-0.4, -0.2) is 49.0 Å². The second-order valence-corrected chi connectivity index (χ2v) is 9.16. The Labute approximate surface area is 180 Å². The number of nitrogens with zero attached hydrogens (tertiary/aromatic N) is 1. The molecule has 1 heterocycles. The van der Waals surface area contributed by atoms with Crippen molar-refractivity contribution in [3.63, 3.8) is 0 Å². The van der Waals surface area contributed by atoms with Crippen LogP contribution in [0.5, 0.6) is 0 Å². The number of benzene rings is 1. The lowest BCUT2D eigenvalue weighted by atomic mass is 9.90. The largest absolute Gasteiger partial charge is 0.444 e. The van der Waals surface area contributed by atoms with Crippen LogP contribution in [0.4, 0.5) is 4.79 Å². The molecule has 0 aromatic heterocycles. The van der Waals surface area contributed by atoms with Crippen LogP contribution in [0.3, 0.4) is 0 Å². The zero-order valence-electron chi connectivity index (χ0n) is 18.7. The molecule has 1 aliphatic carbocycles. The van der Waals surface area contributed by atoms with Gasteiger partial charge in [0.1, 0.15) is 5.60 Å². The molecular formula is C24H36N2O4. The molecule has 3 rings (SSSR count). The highest BCUT2D eigenvalue weighted by atomic mass is 16.7. The van der Waals surface area contributed by atoms with Crippen molar-refractivity contribution >= 4 is 11.8 Å². The van der Waals surface area contributed by atoms with Gasteiger partial charge in [-0.15, -0.1) is 0 Å². The zero-order valence-corrected chi connectivity index (χ0v) is 18.7. The van der Waals surface area contributed by atoms with E-state index in [1.54, 1.807) is 4.90 Å². The SMILES string of the molecule is C=C(NOCCOC1CCN(C(=O)OC(C)(C)C)CC1)c1ccc2c(c1)CCCC2. The molecule has 30 heavy (non-hydrogen) atoms. The minimum absolute atomic E-state index is 0.149. The van der Waals surface area contributed by atoms with Crippen LogP contribution in [0.25, 0.3) is 5.70 Å². The van der Waals surface area contributed by atoms with Gasteiger partial charge in [-0.25, -0.2) is 4.79 Å². The first-order valence-electron chi connectivity index (χ1n) is 11.1. The average molecular weight is 417 g/mol. The van der Waals surface area contributed by atoms with E-state index >= 15 is 0 Å². The normalized spacial score (nSPS) is 17.4. The van der Waals surface area contributed by atoms with Crippen LogP contribution in [0.2, 0.25) is 0 Å². The van der Waals surface area contributed by atoms with Gasteiger partial charge in [0.05, 0.1) is 25.0 Å². The summed E-state index contributed by atoms with van der Waals surface area (Å²) in [5.74, 6) is 0. The Morgan fingerprint density at radius 1 is 1.13 bits per heavy atom. The predicted molar refractivity (Wildman–Crippen MR) is 118 cm³/mol. The number of fused-ring (bicyclic) bond motifs is 1. The molecule has 0 bridgehead atoms. The molecule has 0 radical (unpaired) electrons. The molecular weight excluding hydrogens is 380 g/mol. The van der Waals surface area contributed by atoms with E-state index in [1.807, 2.05) is 20.8 Å². The van der Waals surface area contributed by atoms with Crippen LogP contribution in [-0.2, 0) is 27.2 Å². The molecule has 166 valence electrons. The summed E-state index contributed by atoms with van der Waals surface area (Å²) >= 11 is 0. The van der Waals surface area contributed by atoms with Crippen molar-refractivity contribution in [3.05, 3.63) is 41.5 Å². The maximum atomic E-state index is 12.1. The first-order chi connectivity index (χ1) is 14.3. The lowest BCUT2D eigenvalue weighted by Crippen LogP contribution is -2.43. The number of carbonyl (C=O) groups excluding carboxylic acids is 1. The molecule has 1 amide bonds. The molecule has 1 aliphatic heterocycles. The van der Waals surface area contributed by atoms with Crippen LogP contribution in [0, 0.1) is 0 Å². The average Bonchev–Trinajstić information content (AvgIpc) is 2.72. The molecule has 1 saturated heterocycles. The molecule has 2 aliphatic rings. The van der Waals surface area contributed by atoms with E-state index in [0.29, 0.717) is 26.3 Å². The number of hydroxylamine groups is 1. The summed E-state index contributed by atoms with van der Waals surface area (Å²) in [7, 11) is 0. The van der Waals surface area contributed by atoms with Crippen molar-refractivity contribution in [2.75, 3.05) is 26.3 Å². The summed E-state index contributed by atoms with van der Waals surface area (Å²) in [6, 6.07) is 6.55. The van der Waals surface area contributed by atoms with Gasteiger partial charge in [-0.1, -0.05) is 18.7 Å². The quantitative estimate of drug-likeness (QED) is 0.525. The van der Waals surface area contributed by atoms with Crippen LogP contribution >= 0.6 is 0 Å². The van der Waals surface area contributed by atoms with Crippen molar-refractivity contribution in [2.45, 2.75) is 71.0 Å². The first kappa shape index (κ1) is 22.6. The molecule has 1 aromatic rings. The maximum Gasteiger partial charge on any atom is 0.410 e. The van der Waals surface area contributed by atoms with Crippen LogP contribution in [0.15, 0.2) is 24.8 Å². The van der Waals surface area contributed by atoms with Gasteiger partial charge in [0.15, 0.2) is 0 Å². The van der Waals surface area contributed by atoms with Gasteiger partial charge in [0.25, 0.3) is 0 Å². The highest BCUT2D eigenvalue weighted by Crippen LogP contribution is 2.24. The molecule has 0 unspecified atom stereocenters. The van der Waals surface area contributed by atoms with Gasteiger partial charge in [-0.2, -0.15) is 0 Å². The standard InChI is InChI=1S/C24H36N2O4/c1-18(20-10-9-19-7-5-6-8-21(19)17-20)25-29-16-15-28-22-11-13-26(14-12-22)23(27)30-24(2,3)4/h9-10,17,22,25H,1,5-8,11-16H2,2-4H3. The van der Waals surface area contributed by atoms with E-state index < -0.39 is 5.60 Å². The van der Waals surface area contributed by atoms with Gasteiger partial charge in [0, 0.05) is 13.1 Å². The lowest BCUT2D eigenvalue weighted by Gasteiger charge is -2.33. The van der Waals surface area contributed by atoms with Crippen molar-refractivity contribution in [3.8, 4) is 0 Å². The molecule has 0 spiro atoms. The number of nitrogens with one attached hydrogen (secondary N) is 1. The van der Waals surface area contributed by atoms with Crippen molar-refractivity contribution in [1.82, 2.24) is 10.4 Å². The number of piperidine rings is 1. The number of amides is 1. The number of hydrogen-bond acceptors (Lipinski definition) is 5. The van der Waals surface area contributed by atoms with E-state index in [0.717, 1.165) is 30.5 Å². The van der Waals surface area contributed by atoms with Crippen molar-refractivity contribution in [1.29, 1.82) is 0 Å². The third kappa shape index (κ3) is 6.74. The second kappa shape index (κ2) is 10.3. The van der Waals surface area contributed by atoms with E-state index in [4.69, 9.17) is 14.3 Å². The molecule has 0 atom stereocenters. The fourth-order valence-corrected chi connectivity index (χ4v) is 3.91. The van der Waals surface area contributed by atoms with Crippen molar-refractivity contribution in [2.24, 2.45) is 0 Å². The van der Waals surface area contributed by atoms with Gasteiger partial charge >= 0.3 is 6.09 Å². The smallest absolute Gasteiger partial charge is 0.410 e. The summed E-state index contributed by atoms with van der Waals surface area (Å²) < 4.78 is 11.3. The van der Waals surface area contributed by atoms with Gasteiger partial charge < -0.3 is 14.4 Å². The molecule has 0 saturated carbocycles. The minimum Gasteiger partial charge on any atom is -0.444 e. The second-order valence-electron chi connectivity index (χ2n) is 9.16. The van der Waals surface area contributed by atoms with Crippen LogP contribution < -0.4 is 5.48 Å². The summed E-state index contributed by atoms with van der Waals surface area (Å²) in [6.07, 6.45) is 6.42. The Bertz CT molecular complexity index is 733. The summed E-state index contributed by atoms with van der Waals surface area (Å²) in [5.41, 5.74) is 7.23. The summed E-state index contributed by atoms with van der Waals surface area (Å²) in [6.45, 7) is 12.0. The van der Waals surface area contributed by atoms with E-state index in [-0.39, 0.29) is 12.2 Å². The molecule has 1 aromatic carbocycles. The Kier molecular flexibility index (Phi) is 7.78. The molecule has 1 fully saturated rings. The number of likely N-dealkylation sites (tertiary alicyclic amines) is 1. The third-order valence-corrected chi connectivity index (χ3v) is 5.52. The van der Waals surface area contributed by atoms with Gasteiger partial charge in [-0.05, 0) is 82.1 Å². The first-order valence-corrected chi connectivity index (χ1v) is 11.1. The predicted octanol–water partition coefficient (Wildman–Crippen LogP) is 4.47. The van der Waals surface area contributed by atoms with Crippen molar-refractivity contribution < 1.29 is 19.1 Å². The lowest BCUT2D eigenvalue weighted by molar-refractivity contribution is -0.0388. The number of ether oxygens (including phenoxy) is 2. The Balaban J connectivity index is 1.30. The maximum absolute atomic E-state index is 12.1. The topological polar surface area (TPSA) is 60.0 Å². The van der Waals surface area contributed by atoms with E-state index in [2.05, 4.69) is 30.3 Å². The molecule has 1 N–H and O–H groups in total. The van der Waals surface area contributed by atoms with Gasteiger partial charge in [-0.3, -0.25) is 10.3 Å². The van der Waals surface area contributed by atoms with E-state index in [9.17, 15) is 4.79 Å². The fraction of sp³-hybridized carbons (Fsp3) is 0.625. The number of aryl methyl sites for hydroxylation is 2. The summed E-state index contributed by atoms with van der Waals surface area (Å²) in [4.78, 5) is 19.4. The number of hydrogen-bond donors (Lipinski definition) is 1. The number of carbonyl (C=O) groups is 1. The fourth-order valence-electron chi connectivity index (χ4n) is 3.91. The van der Waals surface area contributed by atoms with Gasteiger partial charge in [0.2, 0.25) is 0 Å². The highest BCUT2D eigenvalue weighted by molar-refractivity contribution is 5.68. The monoisotopic (exact) mass is 416 g/mol. The Morgan fingerprint density at radius 3 is 2.53 bits per heavy atom. The highest BCUT2D eigenvalue weighted by Gasteiger charge is 2.27. The minimum atomic E-state index is -0.460. The third-order valence-electron chi connectivity index (χ3n) is 5.52. The number of rotatable bonds is 7. The van der Waals surface area contributed by atoms with E-state index in [1.165, 1.54) is 30.4 Å².